The molecule has 3 N–H and O–H groups in total. The van der Waals surface area contributed by atoms with E-state index in [9.17, 15) is 22.4 Å². The maximum atomic E-state index is 13.6. The van der Waals surface area contributed by atoms with Crippen LogP contribution in [0, 0.1) is 5.82 Å². The van der Waals surface area contributed by atoms with E-state index in [1.807, 2.05) is 6.92 Å². The van der Waals surface area contributed by atoms with Crippen LogP contribution >= 0.6 is 12.4 Å². The molecule has 22 heavy (non-hydrogen) atoms. The lowest BCUT2D eigenvalue weighted by molar-refractivity contribution is -0.137. The summed E-state index contributed by atoms with van der Waals surface area (Å²) >= 11 is 0. The molecule has 0 aromatic heterocycles. The van der Waals surface area contributed by atoms with Gasteiger partial charge in [-0.2, -0.15) is 13.2 Å². The molecule has 0 radical (unpaired) electrons. The van der Waals surface area contributed by atoms with Crippen LogP contribution in [0.4, 0.5) is 17.6 Å². The Morgan fingerprint density at radius 2 is 2.00 bits per heavy atom. The van der Waals surface area contributed by atoms with Crippen molar-refractivity contribution >= 4 is 18.3 Å². The molecule has 8 heteroatoms. The smallest absolute Gasteiger partial charge is 0.348 e. The van der Waals surface area contributed by atoms with Crippen molar-refractivity contribution in [3.8, 4) is 0 Å². The number of carbonyl (C=O) groups excluding carboxylic acids is 1. The lowest BCUT2D eigenvalue weighted by Gasteiger charge is -2.17. The molecule has 0 aliphatic rings. The van der Waals surface area contributed by atoms with Crippen LogP contribution in [-0.4, -0.2) is 18.5 Å². The Bertz CT molecular complexity index is 494. The molecule has 3 nitrogen and oxygen atoms in total. The van der Waals surface area contributed by atoms with Gasteiger partial charge in [0.05, 0.1) is 11.1 Å². The third-order valence-electron chi connectivity index (χ3n) is 3.06. The number of nitrogens with two attached hydrogens (primary N) is 1. The van der Waals surface area contributed by atoms with Gasteiger partial charge in [0.2, 0.25) is 0 Å². The van der Waals surface area contributed by atoms with Gasteiger partial charge in [0.25, 0.3) is 5.91 Å². The first-order valence-electron chi connectivity index (χ1n) is 6.67. The summed E-state index contributed by atoms with van der Waals surface area (Å²) in [7, 11) is 0. The van der Waals surface area contributed by atoms with Crippen molar-refractivity contribution in [2.45, 2.75) is 38.4 Å². The SMILES string of the molecule is CCCCC(CN)NC(=O)c1cc(C(F)(F)F)ccc1F.Cl. The van der Waals surface area contributed by atoms with Crippen molar-refractivity contribution in [2.75, 3.05) is 6.54 Å². The number of carbonyl (C=O) groups is 1. The Morgan fingerprint density at radius 3 is 2.50 bits per heavy atom. The maximum absolute atomic E-state index is 13.6. The lowest BCUT2D eigenvalue weighted by Crippen LogP contribution is -2.40. The number of amides is 1. The topological polar surface area (TPSA) is 55.1 Å². The van der Waals surface area contributed by atoms with Crippen LogP contribution < -0.4 is 11.1 Å². The zero-order chi connectivity index (χ0) is 16.0. The molecule has 1 rings (SSSR count). The van der Waals surface area contributed by atoms with Gasteiger partial charge in [-0.15, -0.1) is 12.4 Å². The molecular formula is C14H19ClF4N2O. The largest absolute Gasteiger partial charge is 0.416 e. The molecule has 0 spiro atoms. The van der Waals surface area contributed by atoms with Crippen molar-refractivity contribution in [3.63, 3.8) is 0 Å². The number of hydrogen-bond donors (Lipinski definition) is 2. The first kappa shape index (κ1) is 20.7. The lowest BCUT2D eigenvalue weighted by atomic mass is 10.1. The molecule has 1 atom stereocenters. The van der Waals surface area contributed by atoms with E-state index in [-0.39, 0.29) is 25.0 Å². The second kappa shape index (κ2) is 8.95. The number of hydrogen-bond acceptors (Lipinski definition) is 2. The van der Waals surface area contributed by atoms with Gasteiger partial charge >= 0.3 is 6.18 Å². The van der Waals surface area contributed by atoms with E-state index in [0.29, 0.717) is 24.6 Å². The molecule has 1 amide bonds. The van der Waals surface area contributed by atoms with Gasteiger partial charge in [-0.1, -0.05) is 19.8 Å². The zero-order valence-electron chi connectivity index (χ0n) is 12.0. The van der Waals surface area contributed by atoms with Crippen molar-refractivity contribution in [2.24, 2.45) is 5.73 Å². The third-order valence-corrected chi connectivity index (χ3v) is 3.06. The molecule has 0 saturated carbocycles. The van der Waals surface area contributed by atoms with E-state index in [2.05, 4.69) is 5.32 Å². The van der Waals surface area contributed by atoms with E-state index in [1.165, 1.54) is 0 Å². The van der Waals surface area contributed by atoms with E-state index in [1.54, 1.807) is 0 Å². The number of rotatable bonds is 6. The monoisotopic (exact) mass is 342 g/mol. The van der Waals surface area contributed by atoms with Crippen molar-refractivity contribution in [3.05, 3.63) is 35.1 Å². The van der Waals surface area contributed by atoms with Gasteiger partial charge in [-0.05, 0) is 24.6 Å². The van der Waals surface area contributed by atoms with Gasteiger partial charge in [0.1, 0.15) is 5.82 Å². The maximum Gasteiger partial charge on any atom is 0.416 e. The molecule has 0 aliphatic heterocycles. The minimum Gasteiger partial charge on any atom is -0.348 e. The van der Waals surface area contributed by atoms with Crippen LogP contribution in [0.2, 0.25) is 0 Å². The highest BCUT2D eigenvalue weighted by atomic mass is 35.5. The molecule has 126 valence electrons. The number of unbranched alkanes of at least 4 members (excludes halogenated alkanes) is 1. The summed E-state index contributed by atoms with van der Waals surface area (Å²) < 4.78 is 51.3. The van der Waals surface area contributed by atoms with Crippen LogP contribution in [0.15, 0.2) is 18.2 Å². The summed E-state index contributed by atoms with van der Waals surface area (Å²) in [5.74, 6) is -1.88. The fourth-order valence-corrected chi connectivity index (χ4v) is 1.84. The highest BCUT2D eigenvalue weighted by Gasteiger charge is 2.32. The Morgan fingerprint density at radius 1 is 1.36 bits per heavy atom. The standard InChI is InChI=1S/C14H18F4N2O.ClH/c1-2-3-4-10(8-19)20-13(21)11-7-9(14(16,17)18)5-6-12(11)15;/h5-7,10H,2-4,8,19H2,1H3,(H,20,21);1H. The molecule has 0 aliphatic carbocycles. The van der Waals surface area contributed by atoms with E-state index >= 15 is 0 Å². The van der Waals surface area contributed by atoms with E-state index < -0.39 is 29.0 Å². The van der Waals surface area contributed by atoms with Gasteiger partial charge in [-0.25, -0.2) is 4.39 Å². The van der Waals surface area contributed by atoms with Crippen molar-refractivity contribution in [1.29, 1.82) is 0 Å². The molecule has 0 heterocycles. The van der Waals surface area contributed by atoms with E-state index in [4.69, 9.17) is 5.73 Å². The summed E-state index contributed by atoms with van der Waals surface area (Å²) in [6.45, 7) is 2.11. The highest BCUT2D eigenvalue weighted by molar-refractivity contribution is 5.94. The number of nitrogens with one attached hydrogen (secondary N) is 1. The summed E-state index contributed by atoms with van der Waals surface area (Å²) in [6.07, 6.45) is -2.32. The number of benzene rings is 1. The number of alkyl halides is 3. The third kappa shape index (κ3) is 5.81. The molecule has 0 saturated heterocycles. The van der Waals surface area contributed by atoms with Crippen molar-refractivity contribution < 1.29 is 22.4 Å². The van der Waals surface area contributed by atoms with Crippen LogP contribution in [0.5, 0.6) is 0 Å². The summed E-state index contributed by atoms with van der Waals surface area (Å²) in [5.41, 5.74) is 3.80. The Labute approximate surface area is 132 Å². The second-order valence-corrected chi connectivity index (χ2v) is 4.74. The van der Waals surface area contributed by atoms with Crippen LogP contribution in [0.25, 0.3) is 0 Å². The van der Waals surface area contributed by atoms with Gasteiger partial charge in [0.15, 0.2) is 0 Å². The first-order valence-corrected chi connectivity index (χ1v) is 6.67. The first-order chi connectivity index (χ1) is 9.79. The minimum atomic E-state index is -4.63. The fourth-order valence-electron chi connectivity index (χ4n) is 1.84. The predicted molar refractivity (Wildman–Crippen MR) is 78.5 cm³/mol. The van der Waals surface area contributed by atoms with Gasteiger partial charge in [0, 0.05) is 12.6 Å². The normalized spacial score (nSPS) is 12.5. The van der Waals surface area contributed by atoms with Crippen molar-refractivity contribution in [1.82, 2.24) is 5.32 Å². The average Bonchev–Trinajstić information content (AvgIpc) is 2.42. The minimum absolute atomic E-state index is 0. The molecular weight excluding hydrogens is 324 g/mol. The van der Waals surface area contributed by atoms with Crippen LogP contribution in [0.1, 0.15) is 42.1 Å². The van der Waals surface area contributed by atoms with Gasteiger partial charge < -0.3 is 11.1 Å². The highest BCUT2D eigenvalue weighted by Crippen LogP contribution is 2.30. The number of halogens is 5. The Hall–Kier alpha value is -1.34. The molecule has 0 fully saturated rings. The summed E-state index contributed by atoms with van der Waals surface area (Å²) in [6, 6.07) is 1.37. The quantitative estimate of drug-likeness (QED) is 0.777. The van der Waals surface area contributed by atoms with Gasteiger partial charge in [-0.3, -0.25) is 4.79 Å². The molecule has 1 aromatic rings. The Balaban J connectivity index is 0.00000441. The van der Waals surface area contributed by atoms with Crippen LogP contribution in [0.3, 0.4) is 0 Å². The van der Waals surface area contributed by atoms with E-state index in [0.717, 1.165) is 12.8 Å². The average molecular weight is 343 g/mol. The Kier molecular flexibility index (Phi) is 8.40. The molecule has 0 bridgehead atoms. The summed E-state index contributed by atoms with van der Waals surface area (Å²) in [4.78, 5) is 11.9. The predicted octanol–water partition coefficient (Wildman–Crippen LogP) is 3.51. The second-order valence-electron chi connectivity index (χ2n) is 4.74. The van der Waals surface area contributed by atoms with Crippen LogP contribution in [-0.2, 0) is 6.18 Å². The zero-order valence-corrected chi connectivity index (χ0v) is 12.9. The molecule has 1 aromatic carbocycles. The molecule has 1 unspecified atom stereocenters. The fraction of sp³-hybridized carbons (Fsp3) is 0.500. The summed E-state index contributed by atoms with van der Waals surface area (Å²) in [5, 5.41) is 2.47.